The van der Waals surface area contributed by atoms with Gasteiger partial charge in [0.05, 0.1) is 6.54 Å². The van der Waals surface area contributed by atoms with Crippen molar-refractivity contribution in [3.8, 4) is 0 Å². The molecule has 1 atom stereocenters. The SMILES string of the molecule is CC[C@H](C)NC(=O)c1cccc(CN=C(N(C)C)N(C)C)c1. The van der Waals surface area contributed by atoms with Gasteiger partial charge in [-0.1, -0.05) is 19.1 Å². The molecular formula is C17H28N4O. The summed E-state index contributed by atoms with van der Waals surface area (Å²) in [5.41, 5.74) is 1.71. The fourth-order valence-electron chi connectivity index (χ4n) is 2.06. The molecule has 0 aromatic heterocycles. The van der Waals surface area contributed by atoms with Gasteiger partial charge in [-0.05, 0) is 31.0 Å². The van der Waals surface area contributed by atoms with Crippen LogP contribution in [0.15, 0.2) is 29.3 Å². The van der Waals surface area contributed by atoms with Crippen LogP contribution in [0.4, 0.5) is 0 Å². The number of aliphatic imine (C=N–C) groups is 1. The summed E-state index contributed by atoms with van der Waals surface area (Å²) in [5.74, 6) is 0.870. The molecule has 0 aliphatic heterocycles. The molecule has 5 heteroatoms. The van der Waals surface area contributed by atoms with Crippen molar-refractivity contribution in [2.45, 2.75) is 32.9 Å². The molecule has 0 saturated carbocycles. The van der Waals surface area contributed by atoms with Crippen molar-refractivity contribution in [2.75, 3.05) is 28.2 Å². The molecule has 1 rings (SSSR count). The first-order valence-corrected chi connectivity index (χ1v) is 7.64. The molecule has 0 unspecified atom stereocenters. The van der Waals surface area contributed by atoms with Gasteiger partial charge in [0.2, 0.25) is 0 Å². The Bertz CT molecular complexity index is 513. The number of nitrogens with zero attached hydrogens (tertiary/aromatic N) is 3. The molecule has 122 valence electrons. The summed E-state index contributed by atoms with van der Waals surface area (Å²) >= 11 is 0. The van der Waals surface area contributed by atoms with Gasteiger partial charge in [0.1, 0.15) is 0 Å². The maximum absolute atomic E-state index is 12.2. The van der Waals surface area contributed by atoms with E-state index in [0.717, 1.165) is 17.9 Å². The first-order chi connectivity index (χ1) is 10.3. The van der Waals surface area contributed by atoms with E-state index in [4.69, 9.17) is 0 Å². The molecule has 0 fully saturated rings. The van der Waals surface area contributed by atoms with Crippen LogP contribution in [0, 0.1) is 0 Å². The molecule has 0 aliphatic rings. The van der Waals surface area contributed by atoms with Crippen molar-refractivity contribution in [3.05, 3.63) is 35.4 Å². The van der Waals surface area contributed by atoms with Crippen LogP contribution in [0.5, 0.6) is 0 Å². The Balaban J connectivity index is 2.84. The summed E-state index contributed by atoms with van der Waals surface area (Å²) in [7, 11) is 7.87. The number of guanidine groups is 1. The van der Waals surface area contributed by atoms with Crippen molar-refractivity contribution in [3.63, 3.8) is 0 Å². The summed E-state index contributed by atoms with van der Waals surface area (Å²) in [5, 5.41) is 2.98. The third kappa shape index (κ3) is 5.39. The molecule has 0 radical (unpaired) electrons. The second kappa shape index (κ2) is 8.41. The van der Waals surface area contributed by atoms with E-state index >= 15 is 0 Å². The van der Waals surface area contributed by atoms with Crippen molar-refractivity contribution in [2.24, 2.45) is 4.99 Å². The second-order valence-electron chi connectivity index (χ2n) is 5.89. The molecule has 1 N–H and O–H groups in total. The Morgan fingerprint density at radius 2 is 1.86 bits per heavy atom. The lowest BCUT2D eigenvalue weighted by molar-refractivity contribution is 0.0939. The molecule has 0 saturated heterocycles. The Morgan fingerprint density at radius 1 is 1.23 bits per heavy atom. The van der Waals surface area contributed by atoms with E-state index in [1.165, 1.54) is 0 Å². The van der Waals surface area contributed by atoms with Gasteiger partial charge >= 0.3 is 0 Å². The Labute approximate surface area is 134 Å². The van der Waals surface area contributed by atoms with Crippen LogP contribution in [0.3, 0.4) is 0 Å². The van der Waals surface area contributed by atoms with Crippen LogP contribution in [-0.4, -0.2) is 55.9 Å². The first kappa shape index (κ1) is 18.0. The van der Waals surface area contributed by atoms with E-state index in [2.05, 4.69) is 17.2 Å². The number of hydrogen-bond acceptors (Lipinski definition) is 2. The Morgan fingerprint density at radius 3 is 2.41 bits per heavy atom. The highest BCUT2D eigenvalue weighted by molar-refractivity contribution is 5.94. The highest BCUT2D eigenvalue weighted by Gasteiger charge is 2.09. The van der Waals surface area contributed by atoms with Crippen LogP contribution in [0.1, 0.15) is 36.2 Å². The van der Waals surface area contributed by atoms with Crippen molar-refractivity contribution >= 4 is 11.9 Å². The maximum atomic E-state index is 12.2. The van der Waals surface area contributed by atoms with Crippen molar-refractivity contribution < 1.29 is 4.79 Å². The molecule has 1 aromatic carbocycles. The van der Waals surface area contributed by atoms with Gasteiger partial charge in [-0.25, -0.2) is 4.99 Å². The zero-order valence-electron chi connectivity index (χ0n) is 14.6. The van der Waals surface area contributed by atoms with E-state index in [0.29, 0.717) is 12.1 Å². The summed E-state index contributed by atoms with van der Waals surface area (Å²) in [6, 6.07) is 7.82. The number of carbonyl (C=O) groups excluding carboxylic acids is 1. The average molecular weight is 304 g/mol. The largest absolute Gasteiger partial charge is 0.350 e. The molecule has 0 spiro atoms. The third-order valence-corrected chi connectivity index (χ3v) is 3.38. The van der Waals surface area contributed by atoms with E-state index in [-0.39, 0.29) is 11.9 Å². The fourth-order valence-corrected chi connectivity index (χ4v) is 2.06. The zero-order chi connectivity index (χ0) is 16.7. The average Bonchev–Trinajstić information content (AvgIpc) is 2.46. The quantitative estimate of drug-likeness (QED) is 0.670. The number of carbonyl (C=O) groups is 1. The Kier molecular flexibility index (Phi) is 6.89. The predicted octanol–water partition coefficient (Wildman–Crippen LogP) is 2.19. The van der Waals surface area contributed by atoms with E-state index in [9.17, 15) is 4.79 Å². The standard InChI is InChI=1S/C17H28N4O/c1-7-13(2)19-16(22)15-10-8-9-14(11-15)12-18-17(20(3)4)21(5)6/h8-11,13H,7,12H2,1-6H3,(H,19,22)/t13-/m0/s1. The number of nitrogens with one attached hydrogen (secondary N) is 1. The van der Waals surface area contributed by atoms with Gasteiger partial charge in [0, 0.05) is 39.8 Å². The monoisotopic (exact) mass is 304 g/mol. The van der Waals surface area contributed by atoms with E-state index in [1.54, 1.807) is 0 Å². The molecule has 0 aliphatic carbocycles. The molecule has 0 bridgehead atoms. The Hall–Kier alpha value is -2.04. The highest BCUT2D eigenvalue weighted by Crippen LogP contribution is 2.08. The van der Waals surface area contributed by atoms with E-state index < -0.39 is 0 Å². The van der Waals surface area contributed by atoms with Gasteiger partial charge in [-0.3, -0.25) is 4.79 Å². The minimum absolute atomic E-state index is 0.0272. The van der Waals surface area contributed by atoms with Crippen molar-refractivity contribution in [1.82, 2.24) is 15.1 Å². The lowest BCUT2D eigenvalue weighted by atomic mass is 10.1. The second-order valence-corrected chi connectivity index (χ2v) is 5.89. The van der Waals surface area contributed by atoms with Crippen LogP contribution in [0.2, 0.25) is 0 Å². The lowest BCUT2D eigenvalue weighted by Gasteiger charge is -2.22. The summed E-state index contributed by atoms with van der Waals surface area (Å²) < 4.78 is 0. The predicted molar refractivity (Wildman–Crippen MR) is 92.2 cm³/mol. The molecule has 1 amide bonds. The highest BCUT2D eigenvalue weighted by atomic mass is 16.1. The maximum Gasteiger partial charge on any atom is 0.251 e. The normalized spacial score (nSPS) is 11.5. The van der Waals surface area contributed by atoms with Crippen LogP contribution in [0.25, 0.3) is 0 Å². The molecule has 5 nitrogen and oxygen atoms in total. The molecule has 22 heavy (non-hydrogen) atoms. The van der Waals surface area contributed by atoms with Gasteiger partial charge < -0.3 is 15.1 Å². The van der Waals surface area contributed by atoms with Gasteiger partial charge in [-0.15, -0.1) is 0 Å². The van der Waals surface area contributed by atoms with Crippen LogP contribution in [-0.2, 0) is 6.54 Å². The van der Waals surface area contributed by atoms with Gasteiger partial charge in [-0.2, -0.15) is 0 Å². The fraction of sp³-hybridized carbons (Fsp3) is 0.529. The first-order valence-electron chi connectivity index (χ1n) is 7.64. The molecular weight excluding hydrogens is 276 g/mol. The lowest BCUT2D eigenvalue weighted by Crippen LogP contribution is -2.35. The topological polar surface area (TPSA) is 47.9 Å². The minimum Gasteiger partial charge on any atom is -0.350 e. The number of rotatable bonds is 5. The molecule has 1 aromatic rings. The van der Waals surface area contributed by atoms with Crippen molar-refractivity contribution in [1.29, 1.82) is 0 Å². The third-order valence-electron chi connectivity index (χ3n) is 3.38. The summed E-state index contributed by atoms with van der Waals surface area (Å²) in [6.45, 7) is 4.61. The van der Waals surface area contributed by atoms with Crippen LogP contribution < -0.4 is 5.32 Å². The van der Waals surface area contributed by atoms with Gasteiger partial charge in [0.15, 0.2) is 5.96 Å². The molecule has 0 heterocycles. The zero-order valence-corrected chi connectivity index (χ0v) is 14.6. The number of benzene rings is 1. The van der Waals surface area contributed by atoms with Crippen LogP contribution >= 0.6 is 0 Å². The van der Waals surface area contributed by atoms with Gasteiger partial charge in [0.25, 0.3) is 5.91 Å². The summed E-state index contributed by atoms with van der Waals surface area (Å²) in [6.07, 6.45) is 0.921. The number of amides is 1. The summed E-state index contributed by atoms with van der Waals surface area (Å²) in [4.78, 5) is 20.7. The smallest absolute Gasteiger partial charge is 0.251 e. The van der Waals surface area contributed by atoms with E-state index in [1.807, 2.05) is 69.2 Å². The number of hydrogen-bond donors (Lipinski definition) is 1. The minimum atomic E-state index is -0.0272.